The molecule has 0 amide bonds. The zero-order valence-electron chi connectivity index (χ0n) is 8.76. The molecule has 1 aromatic rings. The first-order chi connectivity index (χ1) is 6.99. The molecule has 6 nitrogen and oxygen atoms in total. The molecule has 1 aromatic heterocycles. The van der Waals surface area contributed by atoms with E-state index in [-0.39, 0.29) is 5.69 Å². The maximum absolute atomic E-state index is 10.7. The molecule has 0 spiro atoms. The third kappa shape index (κ3) is 1.98. The van der Waals surface area contributed by atoms with Gasteiger partial charge in [-0.3, -0.25) is 14.9 Å². The van der Waals surface area contributed by atoms with Crippen molar-refractivity contribution in [2.45, 2.75) is 27.0 Å². The van der Waals surface area contributed by atoms with E-state index >= 15 is 0 Å². The van der Waals surface area contributed by atoms with Gasteiger partial charge in [0.1, 0.15) is 0 Å². The van der Waals surface area contributed by atoms with Gasteiger partial charge in [-0.25, -0.2) is 0 Å². The molecule has 0 N–H and O–H groups in total. The highest BCUT2D eigenvalue weighted by molar-refractivity contribution is 5.45. The number of aromatic nitrogens is 1. The van der Waals surface area contributed by atoms with E-state index in [1.54, 1.807) is 31.5 Å². The van der Waals surface area contributed by atoms with Crippen molar-refractivity contribution in [1.82, 2.24) is 4.57 Å². The molecule has 0 radical (unpaired) electrons. The SMILES string of the molecule is Cc1cn(C(C)OC=O)c(C)c1[N+](=O)[O-]. The Hall–Kier alpha value is -1.85. The number of hydrogen-bond acceptors (Lipinski definition) is 4. The van der Waals surface area contributed by atoms with Gasteiger partial charge in [-0.1, -0.05) is 0 Å². The zero-order valence-corrected chi connectivity index (χ0v) is 8.76. The first-order valence-electron chi connectivity index (χ1n) is 4.40. The average Bonchev–Trinajstić information content (AvgIpc) is 2.42. The van der Waals surface area contributed by atoms with Crippen LogP contribution in [0.4, 0.5) is 5.69 Å². The number of nitro groups is 1. The molecule has 0 fully saturated rings. The van der Waals surface area contributed by atoms with Gasteiger partial charge in [-0.2, -0.15) is 0 Å². The lowest BCUT2D eigenvalue weighted by Gasteiger charge is -2.12. The lowest BCUT2D eigenvalue weighted by atomic mass is 10.3. The van der Waals surface area contributed by atoms with Crippen LogP contribution in [0.1, 0.15) is 24.4 Å². The maximum atomic E-state index is 10.7. The third-order valence-electron chi connectivity index (χ3n) is 2.26. The van der Waals surface area contributed by atoms with Gasteiger partial charge < -0.3 is 9.30 Å². The Balaban J connectivity index is 3.16. The standard InChI is InChI=1S/C9H12N2O4/c1-6-4-10(8(3)15-5-12)7(2)9(6)11(13)14/h4-5,8H,1-3H3. The van der Waals surface area contributed by atoms with Crippen molar-refractivity contribution in [3.8, 4) is 0 Å². The molecule has 6 heteroatoms. The monoisotopic (exact) mass is 212 g/mol. The number of carbonyl (C=O) groups is 1. The Morgan fingerprint density at radius 1 is 1.60 bits per heavy atom. The van der Waals surface area contributed by atoms with Crippen LogP contribution >= 0.6 is 0 Å². The number of rotatable bonds is 4. The molecule has 0 aliphatic heterocycles. The van der Waals surface area contributed by atoms with Crippen molar-refractivity contribution in [1.29, 1.82) is 0 Å². The van der Waals surface area contributed by atoms with E-state index in [2.05, 4.69) is 0 Å². The molecular weight excluding hydrogens is 200 g/mol. The van der Waals surface area contributed by atoms with Gasteiger partial charge in [0.15, 0.2) is 6.23 Å². The van der Waals surface area contributed by atoms with Crippen LogP contribution < -0.4 is 0 Å². The third-order valence-corrected chi connectivity index (χ3v) is 2.26. The van der Waals surface area contributed by atoms with Crippen molar-refractivity contribution < 1.29 is 14.5 Å². The Labute approximate surface area is 86.6 Å². The molecule has 0 aliphatic carbocycles. The summed E-state index contributed by atoms with van der Waals surface area (Å²) in [6, 6.07) is 0. The number of ether oxygens (including phenoxy) is 1. The van der Waals surface area contributed by atoms with Crippen molar-refractivity contribution in [2.75, 3.05) is 0 Å². The van der Waals surface area contributed by atoms with Gasteiger partial charge in [0.05, 0.1) is 10.6 Å². The van der Waals surface area contributed by atoms with E-state index in [9.17, 15) is 14.9 Å². The van der Waals surface area contributed by atoms with Gasteiger partial charge in [-0.15, -0.1) is 0 Å². The second kappa shape index (κ2) is 4.12. The lowest BCUT2D eigenvalue weighted by Crippen LogP contribution is -2.09. The van der Waals surface area contributed by atoms with E-state index in [4.69, 9.17) is 4.74 Å². The summed E-state index contributed by atoms with van der Waals surface area (Å²) in [7, 11) is 0. The molecular formula is C9H12N2O4. The highest BCUT2D eigenvalue weighted by Gasteiger charge is 2.22. The van der Waals surface area contributed by atoms with E-state index < -0.39 is 11.2 Å². The predicted molar refractivity (Wildman–Crippen MR) is 52.4 cm³/mol. The summed E-state index contributed by atoms with van der Waals surface area (Å²) in [6.07, 6.45) is 1.07. The largest absolute Gasteiger partial charge is 0.444 e. The molecule has 0 saturated heterocycles. The zero-order chi connectivity index (χ0) is 11.6. The number of carbonyl (C=O) groups excluding carboxylic acids is 1. The second-order valence-corrected chi connectivity index (χ2v) is 3.24. The molecule has 0 saturated carbocycles. The van der Waals surface area contributed by atoms with Crippen LogP contribution in [-0.2, 0) is 9.53 Å². The van der Waals surface area contributed by atoms with E-state index in [0.717, 1.165) is 0 Å². The predicted octanol–water partition coefficient (Wildman–Crippen LogP) is 1.70. The minimum Gasteiger partial charge on any atom is -0.444 e. The summed E-state index contributed by atoms with van der Waals surface area (Å²) in [4.78, 5) is 20.4. The van der Waals surface area contributed by atoms with Crippen LogP contribution in [0.5, 0.6) is 0 Å². The van der Waals surface area contributed by atoms with Gasteiger partial charge in [0, 0.05) is 11.8 Å². The quantitative estimate of drug-likeness (QED) is 0.432. The van der Waals surface area contributed by atoms with Crippen molar-refractivity contribution in [3.05, 3.63) is 27.6 Å². The fourth-order valence-corrected chi connectivity index (χ4v) is 1.57. The summed E-state index contributed by atoms with van der Waals surface area (Å²) in [5.74, 6) is 0. The number of nitrogens with zero attached hydrogens (tertiary/aromatic N) is 2. The number of aryl methyl sites for hydroxylation is 1. The maximum Gasteiger partial charge on any atom is 0.295 e. The molecule has 15 heavy (non-hydrogen) atoms. The summed E-state index contributed by atoms with van der Waals surface area (Å²) < 4.78 is 6.27. The molecule has 1 rings (SSSR count). The topological polar surface area (TPSA) is 74.4 Å². The highest BCUT2D eigenvalue weighted by Crippen LogP contribution is 2.27. The molecule has 1 unspecified atom stereocenters. The van der Waals surface area contributed by atoms with Crippen LogP contribution in [0.15, 0.2) is 6.20 Å². The summed E-state index contributed by atoms with van der Waals surface area (Å²) in [5.41, 5.74) is 1.10. The van der Waals surface area contributed by atoms with Gasteiger partial charge in [-0.05, 0) is 20.8 Å². The van der Waals surface area contributed by atoms with Crippen LogP contribution in [0.2, 0.25) is 0 Å². The minimum absolute atomic E-state index is 0.0661. The fourth-order valence-electron chi connectivity index (χ4n) is 1.57. The lowest BCUT2D eigenvalue weighted by molar-refractivity contribution is -0.386. The Morgan fingerprint density at radius 3 is 2.60 bits per heavy atom. The molecule has 82 valence electrons. The van der Waals surface area contributed by atoms with Crippen LogP contribution in [0.25, 0.3) is 0 Å². The molecule has 1 atom stereocenters. The number of hydrogen-bond donors (Lipinski definition) is 0. The summed E-state index contributed by atoms with van der Waals surface area (Å²) in [5, 5.41) is 10.7. The Kier molecular flexibility index (Phi) is 3.08. The van der Waals surface area contributed by atoms with Gasteiger partial charge >= 0.3 is 0 Å². The van der Waals surface area contributed by atoms with Gasteiger partial charge in [0.2, 0.25) is 0 Å². The Morgan fingerprint density at radius 2 is 2.20 bits per heavy atom. The molecule has 0 aliphatic rings. The molecule has 1 heterocycles. The smallest absolute Gasteiger partial charge is 0.295 e. The highest BCUT2D eigenvalue weighted by atomic mass is 16.6. The van der Waals surface area contributed by atoms with E-state index in [1.807, 2.05) is 0 Å². The molecule has 0 aromatic carbocycles. The Bertz CT molecular complexity index is 397. The van der Waals surface area contributed by atoms with Crippen molar-refractivity contribution in [3.63, 3.8) is 0 Å². The van der Waals surface area contributed by atoms with Crippen LogP contribution in [0.3, 0.4) is 0 Å². The fraction of sp³-hybridized carbons (Fsp3) is 0.444. The first kappa shape index (κ1) is 11.2. The average molecular weight is 212 g/mol. The van der Waals surface area contributed by atoms with Gasteiger partial charge in [0.25, 0.3) is 12.2 Å². The minimum atomic E-state index is -0.533. The summed E-state index contributed by atoms with van der Waals surface area (Å²) >= 11 is 0. The second-order valence-electron chi connectivity index (χ2n) is 3.24. The normalized spacial score (nSPS) is 12.2. The van der Waals surface area contributed by atoms with Crippen molar-refractivity contribution >= 4 is 12.2 Å². The summed E-state index contributed by atoms with van der Waals surface area (Å²) in [6.45, 7) is 5.24. The van der Waals surface area contributed by atoms with Crippen LogP contribution in [0, 0.1) is 24.0 Å². The first-order valence-corrected chi connectivity index (χ1v) is 4.40. The van der Waals surface area contributed by atoms with Crippen molar-refractivity contribution in [2.24, 2.45) is 0 Å². The molecule has 0 bridgehead atoms. The van der Waals surface area contributed by atoms with Crippen LogP contribution in [-0.4, -0.2) is 16.0 Å². The van der Waals surface area contributed by atoms with E-state index in [0.29, 0.717) is 17.7 Å². The van der Waals surface area contributed by atoms with E-state index in [1.165, 1.54) is 0 Å².